The summed E-state index contributed by atoms with van der Waals surface area (Å²) in [7, 11) is 0. The molecule has 7 heteroatoms. The van der Waals surface area contributed by atoms with Crippen LogP contribution in [-0.2, 0) is 4.79 Å². The standard InChI is InChI=1S/C17H21N3O3.ClH/c1-11-10-13(19-16(21)8-5-12(2)18)6-7-14(11)20-17(22)15-4-3-9-23-15;/h3-4,6-7,9-10,12H,5,8,18H2,1-2H3,(H,19,21)(H,20,22);1H. The lowest BCUT2D eigenvalue weighted by Gasteiger charge is -2.11. The lowest BCUT2D eigenvalue weighted by Crippen LogP contribution is -2.19. The van der Waals surface area contributed by atoms with E-state index in [9.17, 15) is 9.59 Å². The van der Waals surface area contributed by atoms with Crippen molar-refractivity contribution < 1.29 is 14.0 Å². The van der Waals surface area contributed by atoms with Crippen molar-refractivity contribution in [2.45, 2.75) is 32.7 Å². The van der Waals surface area contributed by atoms with Crippen LogP contribution >= 0.6 is 12.4 Å². The minimum atomic E-state index is -0.313. The molecular weight excluding hydrogens is 330 g/mol. The van der Waals surface area contributed by atoms with E-state index in [0.29, 0.717) is 24.2 Å². The number of benzene rings is 1. The Balaban J connectivity index is 0.00000288. The zero-order valence-corrected chi connectivity index (χ0v) is 14.5. The first-order valence-corrected chi connectivity index (χ1v) is 7.46. The number of amides is 2. The summed E-state index contributed by atoms with van der Waals surface area (Å²) in [4.78, 5) is 23.8. The Labute approximate surface area is 147 Å². The number of aryl methyl sites for hydroxylation is 1. The first-order valence-electron chi connectivity index (χ1n) is 7.46. The Kier molecular flexibility index (Phi) is 7.48. The summed E-state index contributed by atoms with van der Waals surface area (Å²) in [6.45, 7) is 3.73. The SMILES string of the molecule is Cc1cc(NC(=O)CCC(C)N)ccc1NC(=O)c1ccco1.Cl. The molecule has 1 aromatic carbocycles. The highest BCUT2D eigenvalue weighted by molar-refractivity contribution is 6.02. The normalized spacial score (nSPS) is 11.3. The molecule has 0 aliphatic rings. The van der Waals surface area contributed by atoms with Gasteiger partial charge < -0.3 is 20.8 Å². The van der Waals surface area contributed by atoms with E-state index in [2.05, 4.69) is 10.6 Å². The fourth-order valence-corrected chi connectivity index (χ4v) is 2.06. The van der Waals surface area contributed by atoms with E-state index in [0.717, 1.165) is 5.56 Å². The molecule has 0 aliphatic carbocycles. The minimum absolute atomic E-state index is 0. The topological polar surface area (TPSA) is 97.4 Å². The average molecular weight is 352 g/mol. The predicted octanol–water partition coefficient (Wildman–Crippen LogP) is 3.33. The van der Waals surface area contributed by atoms with Crippen LogP contribution in [0.1, 0.15) is 35.9 Å². The Morgan fingerprint density at radius 2 is 2.00 bits per heavy atom. The molecule has 4 N–H and O–H groups in total. The molecule has 1 heterocycles. The Hall–Kier alpha value is -2.31. The van der Waals surface area contributed by atoms with E-state index in [1.807, 2.05) is 19.9 Å². The Morgan fingerprint density at radius 3 is 2.58 bits per heavy atom. The maximum absolute atomic E-state index is 12.0. The van der Waals surface area contributed by atoms with E-state index in [1.54, 1.807) is 24.3 Å². The second-order valence-corrected chi connectivity index (χ2v) is 5.53. The zero-order valence-electron chi connectivity index (χ0n) is 13.7. The van der Waals surface area contributed by atoms with E-state index in [4.69, 9.17) is 10.2 Å². The van der Waals surface area contributed by atoms with Gasteiger partial charge in [0.05, 0.1) is 6.26 Å². The first kappa shape index (κ1) is 19.7. The number of hydrogen-bond acceptors (Lipinski definition) is 4. The first-order chi connectivity index (χ1) is 11.0. The molecular formula is C17H22ClN3O3. The molecule has 0 saturated heterocycles. The second kappa shape index (κ2) is 9.10. The van der Waals surface area contributed by atoms with Crippen molar-refractivity contribution in [2.24, 2.45) is 5.73 Å². The van der Waals surface area contributed by atoms with Gasteiger partial charge in [0.2, 0.25) is 5.91 Å². The largest absolute Gasteiger partial charge is 0.459 e. The molecule has 2 amide bonds. The monoisotopic (exact) mass is 351 g/mol. The van der Waals surface area contributed by atoms with Crippen LogP contribution in [-0.4, -0.2) is 17.9 Å². The second-order valence-electron chi connectivity index (χ2n) is 5.53. The van der Waals surface area contributed by atoms with Gasteiger partial charge in [-0.25, -0.2) is 0 Å². The van der Waals surface area contributed by atoms with Gasteiger partial charge in [0.25, 0.3) is 5.91 Å². The summed E-state index contributed by atoms with van der Waals surface area (Å²) < 4.78 is 5.05. The van der Waals surface area contributed by atoms with Gasteiger partial charge >= 0.3 is 0 Å². The van der Waals surface area contributed by atoms with Gasteiger partial charge in [-0.15, -0.1) is 12.4 Å². The van der Waals surface area contributed by atoms with Crippen LogP contribution in [0.2, 0.25) is 0 Å². The number of nitrogens with two attached hydrogens (primary N) is 1. The fourth-order valence-electron chi connectivity index (χ4n) is 2.06. The van der Waals surface area contributed by atoms with E-state index < -0.39 is 0 Å². The van der Waals surface area contributed by atoms with Crippen molar-refractivity contribution in [1.29, 1.82) is 0 Å². The summed E-state index contributed by atoms with van der Waals surface area (Å²) in [6, 6.07) is 8.55. The summed E-state index contributed by atoms with van der Waals surface area (Å²) in [5, 5.41) is 5.59. The summed E-state index contributed by atoms with van der Waals surface area (Å²) in [6.07, 6.45) is 2.47. The Bertz CT molecular complexity index is 684. The van der Waals surface area contributed by atoms with E-state index in [-0.39, 0.29) is 36.0 Å². The van der Waals surface area contributed by atoms with Gasteiger partial charge in [0.1, 0.15) is 0 Å². The van der Waals surface area contributed by atoms with Gasteiger partial charge in [-0.2, -0.15) is 0 Å². The van der Waals surface area contributed by atoms with Gasteiger partial charge in [0.15, 0.2) is 5.76 Å². The summed E-state index contributed by atoms with van der Waals surface area (Å²) >= 11 is 0. The van der Waals surface area contributed by atoms with Crippen LogP contribution in [0.15, 0.2) is 41.0 Å². The van der Waals surface area contributed by atoms with Crippen molar-refractivity contribution in [3.63, 3.8) is 0 Å². The Morgan fingerprint density at radius 1 is 1.25 bits per heavy atom. The molecule has 130 valence electrons. The average Bonchev–Trinajstić information content (AvgIpc) is 3.02. The number of carbonyl (C=O) groups excluding carboxylic acids is 2. The molecule has 0 radical (unpaired) electrons. The van der Waals surface area contributed by atoms with Crippen LogP contribution in [0.5, 0.6) is 0 Å². The third-order valence-electron chi connectivity index (χ3n) is 3.33. The highest BCUT2D eigenvalue weighted by atomic mass is 35.5. The molecule has 0 fully saturated rings. The minimum Gasteiger partial charge on any atom is -0.459 e. The number of halogens is 1. The van der Waals surface area contributed by atoms with Crippen molar-refractivity contribution in [1.82, 2.24) is 0 Å². The van der Waals surface area contributed by atoms with Gasteiger partial charge in [-0.1, -0.05) is 0 Å². The van der Waals surface area contributed by atoms with Crippen molar-refractivity contribution in [3.8, 4) is 0 Å². The lowest BCUT2D eigenvalue weighted by atomic mass is 10.1. The van der Waals surface area contributed by atoms with Crippen LogP contribution in [0.3, 0.4) is 0 Å². The molecule has 1 unspecified atom stereocenters. The molecule has 0 saturated carbocycles. The molecule has 1 aromatic heterocycles. The molecule has 1 atom stereocenters. The molecule has 0 spiro atoms. The molecule has 2 rings (SSSR count). The number of hydrogen-bond donors (Lipinski definition) is 3. The highest BCUT2D eigenvalue weighted by Crippen LogP contribution is 2.21. The van der Waals surface area contributed by atoms with Crippen LogP contribution in [0, 0.1) is 6.92 Å². The number of rotatable bonds is 6. The maximum Gasteiger partial charge on any atom is 0.291 e. The highest BCUT2D eigenvalue weighted by Gasteiger charge is 2.11. The van der Waals surface area contributed by atoms with Crippen molar-refractivity contribution in [3.05, 3.63) is 47.9 Å². The zero-order chi connectivity index (χ0) is 16.8. The molecule has 24 heavy (non-hydrogen) atoms. The maximum atomic E-state index is 12.0. The van der Waals surface area contributed by atoms with E-state index >= 15 is 0 Å². The van der Waals surface area contributed by atoms with Crippen LogP contribution in [0.25, 0.3) is 0 Å². The van der Waals surface area contributed by atoms with Crippen LogP contribution < -0.4 is 16.4 Å². The molecule has 6 nitrogen and oxygen atoms in total. The third-order valence-corrected chi connectivity index (χ3v) is 3.33. The smallest absolute Gasteiger partial charge is 0.291 e. The van der Waals surface area contributed by atoms with Crippen molar-refractivity contribution >= 4 is 35.6 Å². The predicted molar refractivity (Wildman–Crippen MR) is 96.6 cm³/mol. The lowest BCUT2D eigenvalue weighted by molar-refractivity contribution is -0.116. The fraction of sp³-hybridized carbons (Fsp3) is 0.294. The number of anilines is 2. The number of nitrogens with one attached hydrogen (secondary N) is 2. The molecule has 2 aromatic rings. The summed E-state index contributed by atoms with van der Waals surface area (Å²) in [5.41, 5.74) is 7.83. The number of furan rings is 1. The van der Waals surface area contributed by atoms with Crippen LogP contribution in [0.4, 0.5) is 11.4 Å². The van der Waals surface area contributed by atoms with Crippen molar-refractivity contribution in [2.75, 3.05) is 10.6 Å². The van der Waals surface area contributed by atoms with Gasteiger partial charge in [0, 0.05) is 23.8 Å². The van der Waals surface area contributed by atoms with Gasteiger partial charge in [-0.3, -0.25) is 9.59 Å². The van der Waals surface area contributed by atoms with E-state index in [1.165, 1.54) is 6.26 Å². The van der Waals surface area contributed by atoms with Gasteiger partial charge in [-0.05, 0) is 56.2 Å². The third kappa shape index (κ3) is 5.72. The number of carbonyl (C=O) groups is 2. The molecule has 0 aliphatic heterocycles. The quantitative estimate of drug-likeness (QED) is 0.743. The molecule has 0 bridgehead atoms. The summed E-state index contributed by atoms with van der Waals surface area (Å²) in [5.74, 6) is -0.140.